The first-order valence-corrected chi connectivity index (χ1v) is 6.26. The molecule has 0 radical (unpaired) electrons. The third-order valence-corrected chi connectivity index (χ3v) is 2.79. The molecule has 0 aromatic heterocycles. The highest BCUT2D eigenvalue weighted by molar-refractivity contribution is 5.79. The van der Waals surface area contributed by atoms with Crippen molar-refractivity contribution in [3.63, 3.8) is 0 Å². The lowest BCUT2D eigenvalue weighted by atomic mass is 10.1. The van der Waals surface area contributed by atoms with Crippen LogP contribution in [0, 0.1) is 5.92 Å². The van der Waals surface area contributed by atoms with Crippen molar-refractivity contribution < 1.29 is 24.6 Å². The molecule has 0 aliphatic heterocycles. The molecule has 7 nitrogen and oxygen atoms in total. The maximum Gasteiger partial charge on any atom is 0.317 e. The molecule has 1 atom stereocenters. The summed E-state index contributed by atoms with van der Waals surface area (Å²) in [6, 6.07) is 0. The fourth-order valence-corrected chi connectivity index (χ4v) is 1.71. The number of hydrogen-bond acceptors (Lipinski definition) is 4. The first-order chi connectivity index (χ1) is 8.81. The molecule has 0 spiro atoms. The minimum Gasteiger partial charge on any atom is -0.481 e. The van der Waals surface area contributed by atoms with E-state index >= 15 is 0 Å². The van der Waals surface area contributed by atoms with Gasteiger partial charge in [0.25, 0.3) is 0 Å². The van der Waals surface area contributed by atoms with Gasteiger partial charge in [0.15, 0.2) is 0 Å². The van der Waals surface area contributed by atoms with Gasteiger partial charge in [-0.2, -0.15) is 0 Å². The highest BCUT2D eigenvalue weighted by Gasteiger charge is 2.21. The zero-order valence-electron chi connectivity index (χ0n) is 11.6. The van der Waals surface area contributed by atoms with Crippen LogP contribution in [-0.2, 0) is 14.4 Å². The van der Waals surface area contributed by atoms with Crippen molar-refractivity contribution in [2.45, 2.75) is 20.8 Å². The zero-order valence-corrected chi connectivity index (χ0v) is 11.6. The lowest BCUT2D eigenvalue weighted by Crippen LogP contribution is -2.44. The second-order valence-corrected chi connectivity index (χ2v) is 4.37. The largest absolute Gasteiger partial charge is 0.481 e. The molecule has 2 N–H and O–H groups in total. The topological polar surface area (TPSA) is 98.2 Å². The zero-order chi connectivity index (χ0) is 15.0. The van der Waals surface area contributed by atoms with E-state index in [9.17, 15) is 14.4 Å². The molecule has 1 unspecified atom stereocenters. The first-order valence-electron chi connectivity index (χ1n) is 6.26. The summed E-state index contributed by atoms with van der Waals surface area (Å²) in [5.74, 6) is -3.00. The summed E-state index contributed by atoms with van der Waals surface area (Å²) in [7, 11) is 0. The van der Waals surface area contributed by atoms with Crippen molar-refractivity contribution >= 4 is 17.8 Å². The van der Waals surface area contributed by atoms with Crippen LogP contribution in [0.1, 0.15) is 20.8 Å². The van der Waals surface area contributed by atoms with Gasteiger partial charge in [-0.25, -0.2) is 0 Å². The summed E-state index contributed by atoms with van der Waals surface area (Å²) in [4.78, 5) is 36.3. The number of carboxylic acids is 2. The molecule has 0 saturated heterocycles. The molecule has 0 rings (SSSR count). The Morgan fingerprint density at radius 2 is 1.58 bits per heavy atom. The van der Waals surface area contributed by atoms with E-state index in [1.165, 1.54) is 11.8 Å². The summed E-state index contributed by atoms with van der Waals surface area (Å²) in [6.45, 7) is 5.87. The molecular weight excluding hydrogens is 252 g/mol. The third-order valence-electron chi connectivity index (χ3n) is 2.79. The molecule has 0 bridgehead atoms. The van der Waals surface area contributed by atoms with Crippen molar-refractivity contribution in [3.8, 4) is 0 Å². The van der Waals surface area contributed by atoms with Crippen LogP contribution in [-0.4, -0.2) is 70.6 Å². The lowest BCUT2D eigenvalue weighted by Gasteiger charge is -2.25. The third kappa shape index (κ3) is 6.76. The van der Waals surface area contributed by atoms with Gasteiger partial charge >= 0.3 is 11.9 Å². The maximum atomic E-state index is 11.9. The summed E-state index contributed by atoms with van der Waals surface area (Å²) < 4.78 is 0. The van der Waals surface area contributed by atoms with E-state index in [1.807, 2.05) is 13.8 Å². The van der Waals surface area contributed by atoms with E-state index in [1.54, 1.807) is 4.90 Å². The summed E-state index contributed by atoms with van der Waals surface area (Å²) in [5, 5.41) is 17.6. The van der Waals surface area contributed by atoms with Gasteiger partial charge in [0.05, 0.1) is 19.0 Å². The van der Waals surface area contributed by atoms with E-state index in [0.29, 0.717) is 13.1 Å². The SMILES string of the molecule is CCN(CC)C(=O)CN(CC(=O)O)CC(C)C(=O)O. The van der Waals surface area contributed by atoms with Gasteiger partial charge in [-0.15, -0.1) is 0 Å². The molecule has 0 saturated carbocycles. The number of amides is 1. The lowest BCUT2D eigenvalue weighted by molar-refractivity contribution is -0.145. The van der Waals surface area contributed by atoms with E-state index in [2.05, 4.69) is 0 Å². The van der Waals surface area contributed by atoms with Gasteiger partial charge in [0.2, 0.25) is 5.91 Å². The molecule has 7 heteroatoms. The van der Waals surface area contributed by atoms with Crippen LogP contribution < -0.4 is 0 Å². The number of carboxylic acid groups (broad SMARTS) is 2. The predicted molar refractivity (Wildman–Crippen MR) is 68.8 cm³/mol. The highest BCUT2D eigenvalue weighted by atomic mass is 16.4. The number of aliphatic carboxylic acids is 2. The number of carbonyl (C=O) groups is 3. The fourth-order valence-electron chi connectivity index (χ4n) is 1.71. The number of hydrogen-bond donors (Lipinski definition) is 2. The van der Waals surface area contributed by atoms with Crippen LogP contribution in [0.2, 0.25) is 0 Å². The molecule has 0 heterocycles. The van der Waals surface area contributed by atoms with Crippen molar-refractivity contribution in [2.75, 3.05) is 32.7 Å². The average Bonchev–Trinajstić information content (AvgIpc) is 2.29. The van der Waals surface area contributed by atoms with Crippen LogP contribution in [0.25, 0.3) is 0 Å². The van der Waals surface area contributed by atoms with E-state index < -0.39 is 17.9 Å². The molecule has 0 aliphatic rings. The number of nitrogens with zero attached hydrogens (tertiary/aromatic N) is 2. The van der Waals surface area contributed by atoms with Crippen molar-refractivity contribution in [1.29, 1.82) is 0 Å². The van der Waals surface area contributed by atoms with E-state index in [0.717, 1.165) is 0 Å². The average molecular weight is 274 g/mol. The predicted octanol–water partition coefficient (Wildman–Crippen LogP) is -0.0379. The minimum absolute atomic E-state index is 0.0364. The van der Waals surface area contributed by atoms with E-state index in [4.69, 9.17) is 10.2 Å². The van der Waals surface area contributed by atoms with Crippen LogP contribution >= 0.6 is 0 Å². The van der Waals surface area contributed by atoms with Crippen molar-refractivity contribution in [3.05, 3.63) is 0 Å². The Balaban J connectivity index is 4.62. The van der Waals surface area contributed by atoms with E-state index in [-0.39, 0.29) is 25.5 Å². The van der Waals surface area contributed by atoms with Crippen LogP contribution in [0.3, 0.4) is 0 Å². The van der Waals surface area contributed by atoms with Gasteiger partial charge in [0, 0.05) is 19.6 Å². The maximum absolute atomic E-state index is 11.9. The second kappa shape index (κ2) is 8.47. The van der Waals surface area contributed by atoms with Crippen LogP contribution in [0.4, 0.5) is 0 Å². The molecule has 0 fully saturated rings. The minimum atomic E-state index is -1.08. The quantitative estimate of drug-likeness (QED) is 0.612. The Bertz CT molecular complexity index is 328. The van der Waals surface area contributed by atoms with Gasteiger partial charge in [-0.3, -0.25) is 19.3 Å². The van der Waals surface area contributed by atoms with Gasteiger partial charge in [0.1, 0.15) is 0 Å². The first kappa shape index (κ1) is 17.4. The molecule has 0 aromatic carbocycles. The molecule has 19 heavy (non-hydrogen) atoms. The monoisotopic (exact) mass is 274 g/mol. The summed E-state index contributed by atoms with van der Waals surface area (Å²) >= 11 is 0. The number of likely N-dealkylation sites (N-methyl/N-ethyl adjacent to an activating group) is 1. The Labute approximate surface area is 112 Å². The Kier molecular flexibility index (Phi) is 7.74. The molecule has 1 amide bonds. The van der Waals surface area contributed by atoms with Gasteiger partial charge in [-0.05, 0) is 13.8 Å². The van der Waals surface area contributed by atoms with Crippen molar-refractivity contribution in [2.24, 2.45) is 5.92 Å². The standard InChI is InChI=1S/C12H22N2O5/c1-4-14(5-2)10(15)7-13(8-11(16)17)6-9(3)12(18)19/h9H,4-8H2,1-3H3,(H,16,17)(H,18,19). The molecule has 0 aromatic rings. The smallest absolute Gasteiger partial charge is 0.317 e. The number of carbonyl (C=O) groups excluding carboxylic acids is 1. The van der Waals surface area contributed by atoms with Gasteiger partial charge in [-0.1, -0.05) is 6.92 Å². The van der Waals surface area contributed by atoms with Gasteiger partial charge < -0.3 is 15.1 Å². The highest BCUT2D eigenvalue weighted by Crippen LogP contribution is 2.02. The number of rotatable bonds is 9. The molecular formula is C12H22N2O5. The summed E-state index contributed by atoms with van der Waals surface area (Å²) in [6.07, 6.45) is 0. The Morgan fingerprint density at radius 1 is 1.05 bits per heavy atom. The Hall–Kier alpha value is -1.63. The van der Waals surface area contributed by atoms with Crippen LogP contribution in [0.5, 0.6) is 0 Å². The van der Waals surface area contributed by atoms with Crippen molar-refractivity contribution in [1.82, 2.24) is 9.80 Å². The molecule has 110 valence electrons. The molecule has 0 aliphatic carbocycles. The summed E-state index contributed by atoms with van der Waals surface area (Å²) in [5.41, 5.74) is 0. The Morgan fingerprint density at radius 3 is 1.95 bits per heavy atom. The van der Waals surface area contributed by atoms with Crippen LogP contribution in [0.15, 0.2) is 0 Å². The fraction of sp³-hybridized carbons (Fsp3) is 0.750. The second-order valence-electron chi connectivity index (χ2n) is 4.37. The normalized spacial score (nSPS) is 12.2.